The first-order valence-electron chi connectivity index (χ1n) is 7.45. The van der Waals surface area contributed by atoms with Crippen molar-refractivity contribution in [2.45, 2.75) is 23.8 Å². The highest BCUT2D eigenvalue weighted by Gasteiger charge is 2.39. The van der Waals surface area contributed by atoms with Crippen LogP contribution >= 0.6 is 0 Å². The van der Waals surface area contributed by atoms with Crippen molar-refractivity contribution in [2.75, 3.05) is 5.75 Å². The summed E-state index contributed by atoms with van der Waals surface area (Å²) in [6.07, 6.45) is 0.999. The number of aliphatic imine (C=N–C) groups is 1. The van der Waals surface area contributed by atoms with E-state index in [1.54, 1.807) is 31.2 Å². The van der Waals surface area contributed by atoms with Gasteiger partial charge in [0.25, 0.3) is 0 Å². The Kier molecular flexibility index (Phi) is 3.90. The van der Waals surface area contributed by atoms with Crippen LogP contribution in [0.4, 0.5) is 0 Å². The molecule has 0 aromatic heterocycles. The van der Waals surface area contributed by atoms with Crippen LogP contribution in [0.15, 0.2) is 64.5 Å². The van der Waals surface area contributed by atoms with Crippen molar-refractivity contribution in [3.05, 3.63) is 65.7 Å². The molecule has 1 aliphatic rings. The zero-order valence-electron chi connectivity index (χ0n) is 12.8. The van der Waals surface area contributed by atoms with Crippen LogP contribution in [0.5, 0.6) is 0 Å². The maximum Gasteiger partial charge on any atom is 0.181 e. The van der Waals surface area contributed by atoms with E-state index in [0.717, 1.165) is 5.56 Å². The Morgan fingerprint density at radius 1 is 1.09 bits per heavy atom. The smallest absolute Gasteiger partial charge is 0.181 e. The Morgan fingerprint density at radius 2 is 1.74 bits per heavy atom. The standard InChI is InChI=1S/C18H17NO3S/c1-2-18(12-20)13-23(21,22)16-11-7-6-10-15(16)17(19-18)14-8-4-3-5-9-14/h3-12H,2,13H2,1H3. The zero-order chi connectivity index (χ0) is 16.5. The monoisotopic (exact) mass is 327 g/mol. The minimum Gasteiger partial charge on any atom is -0.301 e. The summed E-state index contributed by atoms with van der Waals surface area (Å²) in [5.74, 6) is -0.298. The van der Waals surface area contributed by atoms with Crippen molar-refractivity contribution < 1.29 is 13.2 Å². The van der Waals surface area contributed by atoms with E-state index >= 15 is 0 Å². The maximum absolute atomic E-state index is 12.8. The number of carbonyl (C=O) groups is 1. The van der Waals surface area contributed by atoms with Gasteiger partial charge in [0, 0.05) is 11.1 Å². The van der Waals surface area contributed by atoms with Crippen LogP contribution < -0.4 is 0 Å². The molecule has 4 nitrogen and oxygen atoms in total. The number of nitrogens with zero attached hydrogens (tertiary/aromatic N) is 1. The van der Waals surface area contributed by atoms with Gasteiger partial charge in [-0.15, -0.1) is 0 Å². The quantitative estimate of drug-likeness (QED) is 0.814. The predicted molar refractivity (Wildman–Crippen MR) is 89.7 cm³/mol. The molecule has 0 saturated carbocycles. The summed E-state index contributed by atoms with van der Waals surface area (Å²) in [4.78, 5) is 16.6. The van der Waals surface area contributed by atoms with Gasteiger partial charge in [-0.25, -0.2) is 8.42 Å². The van der Waals surface area contributed by atoms with Gasteiger partial charge in [-0.3, -0.25) is 4.99 Å². The van der Waals surface area contributed by atoms with Gasteiger partial charge >= 0.3 is 0 Å². The second-order valence-electron chi connectivity index (χ2n) is 5.66. The molecule has 1 unspecified atom stereocenters. The fraction of sp³-hybridized carbons (Fsp3) is 0.222. The van der Waals surface area contributed by atoms with Gasteiger partial charge in [-0.05, 0) is 12.5 Å². The Labute approximate surface area is 135 Å². The Hall–Kier alpha value is -2.27. The van der Waals surface area contributed by atoms with Crippen LogP contribution in [0.2, 0.25) is 0 Å². The van der Waals surface area contributed by atoms with Crippen LogP contribution in [0.1, 0.15) is 24.5 Å². The molecular formula is C18H17NO3S. The van der Waals surface area contributed by atoms with E-state index in [0.29, 0.717) is 24.0 Å². The number of fused-ring (bicyclic) bond motifs is 1. The lowest BCUT2D eigenvalue weighted by atomic mass is 9.97. The third-order valence-corrected chi connectivity index (χ3v) is 6.04. The third-order valence-electron chi connectivity index (χ3n) is 4.13. The summed E-state index contributed by atoms with van der Waals surface area (Å²) >= 11 is 0. The summed E-state index contributed by atoms with van der Waals surface area (Å²) in [6.45, 7) is 1.78. The summed E-state index contributed by atoms with van der Waals surface area (Å²) in [5.41, 5.74) is 0.659. The lowest BCUT2D eigenvalue weighted by Gasteiger charge is -2.20. The summed E-state index contributed by atoms with van der Waals surface area (Å²) in [7, 11) is -3.60. The molecule has 5 heteroatoms. The molecule has 1 heterocycles. The van der Waals surface area contributed by atoms with E-state index in [4.69, 9.17) is 0 Å². The van der Waals surface area contributed by atoms with Crippen molar-refractivity contribution in [3.8, 4) is 0 Å². The minimum atomic E-state index is -3.60. The first-order chi connectivity index (χ1) is 11.0. The number of benzene rings is 2. The molecule has 23 heavy (non-hydrogen) atoms. The Balaban J connectivity index is 2.36. The fourth-order valence-electron chi connectivity index (χ4n) is 2.80. The molecule has 0 bridgehead atoms. The van der Waals surface area contributed by atoms with Gasteiger partial charge in [0.15, 0.2) is 9.84 Å². The molecule has 0 amide bonds. The van der Waals surface area contributed by atoms with Crippen molar-refractivity contribution in [1.82, 2.24) is 0 Å². The number of hydrogen-bond acceptors (Lipinski definition) is 4. The van der Waals surface area contributed by atoms with E-state index in [9.17, 15) is 13.2 Å². The van der Waals surface area contributed by atoms with Gasteiger partial charge in [0.2, 0.25) is 0 Å². The van der Waals surface area contributed by atoms with Crippen LogP contribution in [-0.4, -0.2) is 31.7 Å². The molecule has 0 spiro atoms. The molecule has 2 aromatic carbocycles. The lowest BCUT2D eigenvalue weighted by molar-refractivity contribution is -0.111. The van der Waals surface area contributed by atoms with Gasteiger partial charge in [-0.1, -0.05) is 55.5 Å². The van der Waals surface area contributed by atoms with Crippen LogP contribution in [0.3, 0.4) is 0 Å². The molecule has 0 aliphatic carbocycles. The van der Waals surface area contributed by atoms with Crippen LogP contribution in [0, 0.1) is 0 Å². The second kappa shape index (κ2) is 5.74. The number of aldehydes is 1. The van der Waals surface area contributed by atoms with E-state index in [2.05, 4.69) is 4.99 Å². The molecular weight excluding hydrogens is 310 g/mol. The first kappa shape index (κ1) is 15.6. The molecule has 0 fully saturated rings. The van der Waals surface area contributed by atoms with E-state index < -0.39 is 15.4 Å². The van der Waals surface area contributed by atoms with Crippen LogP contribution in [0.25, 0.3) is 0 Å². The Morgan fingerprint density at radius 3 is 2.39 bits per heavy atom. The van der Waals surface area contributed by atoms with Gasteiger partial charge in [0.05, 0.1) is 16.4 Å². The maximum atomic E-state index is 12.8. The zero-order valence-corrected chi connectivity index (χ0v) is 13.6. The number of carbonyl (C=O) groups excluding carboxylic acids is 1. The van der Waals surface area contributed by atoms with Crippen LogP contribution in [-0.2, 0) is 14.6 Å². The van der Waals surface area contributed by atoms with Crippen molar-refractivity contribution >= 4 is 21.8 Å². The molecule has 0 saturated heterocycles. The topological polar surface area (TPSA) is 63.6 Å². The van der Waals surface area contributed by atoms with E-state index in [-0.39, 0.29) is 10.6 Å². The third kappa shape index (κ3) is 2.72. The first-order valence-corrected chi connectivity index (χ1v) is 9.10. The van der Waals surface area contributed by atoms with Gasteiger partial charge < -0.3 is 4.79 Å². The number of rotatable bonds is 3. The predicted octanol–water partition coefficient (Wildman–Crippen LogP) is 2.66. The van der Waals surface area contributed by atoms with E-state index in [1.165, 1.54) is 0 Å². The van der Waals surface area contributed by atoms with Gasteiger partial charge in [0.1, 0.15) is 11.8 Å². The highest BCUT2D eigenvalue weighted by molar-refractivity contribution is 7.91. The van der Waals surface area contributed by atoms with Crippen molar-refractivity contribution in [1.29, 1.82) is 0 Å². The molecule has 118 valence electrons. The fourth-order valence-corrected chi connectivity index (χ4v) is 4.73. The lowest BCUT2D eigenvalue weighted by Crippen LogP contribution is -2.36. The SMILES string of the molecule is CCC1(C=O)CS(=O)(=O)c2ccccc2C(c2ccccc2)=N1. The van der Waals surface area contributed by atoms with Crippen molar-refractivity contribution in [2.24, 2.45) is 4.99 Å². The highest BCUT2D eigenvalue weighted by atomic mass is 32.2. The largest absolute Gasteiger partial charge is 0.301 e. The minimum absolute atomic E-state index is 0.236. The molecule has 1 atom stereocenters. The average Bonchev–Trinajstić information content (AvgIpc) is 2.69. The van der Waals surface area contributed by atoms with E-state index in [1.807, 2.05) is 30.3 Å². The molecule has 2 aromatic rings. The number of hydrogen-bond donors (Lipinski definition) is 0. The van der Waals surface area contributed by atoms with Gasteiger partial charge in [-0.2, -0.15) is 0 Å². The summed E-state index contributed by atoms with van der Waals surface area (Å²) in [5, 5.41) is 0. The highest BCUT2D eigenvalue weighted by Crippen LogP contribution is 2.31. The normalized spacial score (nSPS) is 22.6. The molecule has 0 radical (unpaired) electrons. The summed E-state index contributed by atoms with van der Waals surface area (Å²) in [6, 6.07) is 16.2. The second-order valence-corrected chi connectivity index (χ2v) is 7.61. The van der Waals surface area contributed by atoms with Crippen molar-refractivity contribution in [3.63, 3.8) is 0 Å². The number of sulfone groups is 1. The summed E-state index contributed by atoms with van der Waals surface area (Å²) < 4.78 is 25.5. The molecule has 3 rings (SSSR count). The molecule has 1 aliphatic heterocycles. The Bertz CT molecular complexity index is 872. The molecule has 0 N–H and O–H groups in total. The average molecular weight is 327 g/mol.